The fourth-order valence-corrected chi connectivity index (χ4v) is 1.94. The molecular weight excluding hydrogens is 242 g/mol. The third-order valence-electron chi connectivity index (χ3n) is 2.71. The second kappa shape index (κ2) is 5.44. The zero-order valence-corrected chi connectivity index (χ0v) is 10.2. The summed E-state index contributed by atoms with van der Waals surface area (Å²) in [6, 6.07) is 4.87. The number of ether oxygens (including phenoxy) is 1. The van der Waals surface area contributed by atoms with Crippen molar-refractivity contribution in [3.05, 3.63) is 23.4 Å². The second-order valence-corrected chi connectivity index (χ2v) is 4.28. The van der Waals surface area contributed by atoms with Crippen molar-refractivity contribution >= 4 is 23.3 Å². The minimum Gasteiger partial charge on any atom is -0.380 e. The second-order valence-electron chi connectivity index (χ2n) is 3.89. The average molecular weight is 256 g/mol. The molecule has 2 heterocycles. The third kappa shape index (κ3) is 3.15. The van der Waals surface area contributed by atoms with E-state index in [2.05, 4.69) is 15.6 Å². The number of anilines is 1. The van der Waals surface area contributed by atoms with E-state index in [0.29, 0.717) is 23.9 Å². The molecule has 0 spiro atoms. The summed E-state index contributed by atoms with van der Waals surface area (Å²) in [5.74, 6) is 0.351. The lowest BCUT2D eigenvalue weighted by atomic mass is 10.2. The first-order valence-corrected chi connectivity index (χ1v) is 5.76. The van der Waals surface area contributed by atoms with Gasteiger partial charge in [-0.1, -0.05) is 17.7 Å². The fourth-order valence-electron chi connectivity index (χ4n) is 1.77. The van der Waals surface area contributed by atoms with Gasteiger partial charge in [0.1, 0.15) is 11.0 Å². The molecule has 0 radical (unpaired) electrons. The Balaban J connectivity index is 1.93. The standard InChI is InChI=1S/C11H14ClN3O2/c1-17-7-5-8(13-6-7)11(16)15-10-4-2-3-9(12)14-10/h2-4,7-8,13H,5-6H2,1H3,(H,14,15,16). The highest BCUT2D eigenvalue weighted by atomic mass is 35.5. The van der Waals surface area contributed by atoms with Crippen LogP contribution in [-0.4, -0.2) is 36.7 Å². The molecule has 17 heavy (non-hydrogen) atoms. The zero-order valence-electron chi connectivity index (χ0n) is 9.44. The summed E-state index contributed by atoms with van der Waals surface area (Å²) in [5.41, 5.74) is 0. The summed E-state index contributed by atoms with van der Waals surface area (Å²) in [6.45, 7) is 0.692. The number of hydrogen-bond acceptors (Lipinski definition) is 4. The van der Waals surface area contributed by atoms with E-state index in [1.807, 2.05) is 0 Å². The molecule has 2 atom stereocenters. The van der Waals surface area contributed by atoms with Crippen LogP contribution >= 0.6 is 11.6 Å². The van der Waals surface area contributed by atoms with Gasteiger partial charge in [-0.3, -0.25) is 4.79 Å². The number of nitrogens with one attached hydrogen (secondary N) is 2. The van der Waals surface area contributed by atoms with Crippen molar-refractivity contribution in [1.29, 1.82) is 0 Å². The maximum Gasteiger partial charge on any atom is 0.242 e. The third-order valence-corrected chi connectivity index (χ3v) is 2.92. The molecule has 1 saturated heterocycles. The number of carbonyl (C=O) groups is 1. The van der Waals surface area contributed by atoms with Crippen LogP contribution in [0.15, 0.2) is 18.2 Å². The number of hydrogen-bond donors (Lipinski definition) is 2. The molecule has 0 saturated carbocycles. The smallest absolute Gasteiger partial charge is 0.242 e. The van der Waals surface area contributed by atoms with E-state index < -0.39 is 0 Å². The molecule has 0 aliphatic carbocycles. The lowest BCUT2D eigenvalue weighted by Crippen LogP contribution is -2.35. The van der Waals surface area contributed by atoms with Gasteiger partial charge in [-0.25, -0.2) is 4.98 Å². The molecule has 1 amide bonds. The maximum atomic E-state index is 11.9. The Morgan fingerprint density at radius 3 is 3.12 bits per heavy atom. The molecule has 2 rings (SSSR count). The van der Waals surface area contributed by atoms with E-state index in [1.54, 1.807) is 25.3 Å². The number of nitrogens with zero attached hydrogens (tertiary/aromatic N) is 1. The predicted molar refractivity (Wildman–Crippen MR) is 65.1 cm³/mol. The van der Waals surface area contributed by atoms with Crippen LogP contribution in [0.5, 0.6) is 0 Å². The van der Waals surface area contributed by atoms with Crippen LogP contribution in [0.1, 0.15) is 6.42 Å². The van der Waals surface area contributed by atoms with Gasteiger partial charge in [-0.2, -0.15) is 0 Å². The lowest BCUT2D eigenvalue weighted by molar-refractivity contribution is -0.118. The number of amides is 1. The number of rotatable bonds is 3. The van der Waals surface area contributed by atoms with E-state index in [9.17, 15) is 4.79 Å². The highest BCUT2D eigenvalue weighted by Gasteiger charge is 2.29. The molecule has 2 unspecified atom stereocenters. The van der Waals surface area contributed by atoms with Gasteiger partial charge in [0.2, 0.25) is 5.91 Å². The van der Waals surface area contributed by atoms with Crippen LogP contribution in [0.4, 0.5) is 5.82 Å². The zero-order chi connectivity index (χ0) is 12.3. The van der Waals surface area contributed by atoms with E-state index in [4.69, 9.17) is 16.3 Å². The summed E-state index contributed by atoms with van der Waals surface area (Å²) in [5, 5.41) is 6.17. The maximum absolute atomic E-state index is 11.9. The summed E-state index contributed by atoms with van der Waals surface area (Å²) in [7, 11) is 1.64. The van der Waals surface area contributed by atoms with Crippen LogP contribution in [0.2, 0.25) is 5.15 Å². The van der Waals surface area contributed by atoms with Gasteiger partial charge in [0, 0.05) is 13.7 Å². The number of carbonyl (C=O) groups excluding carboxylic acids is 1. The Morgan fingerprint density at radius 2 is 2.47 bits per heavy atom. The molecule has 1 aromatic heterocycles. The van der Waals surface area contributed by atoms with Gasteiger partial charge in [0.15, 0.2) is 0 Å². The Labute approximate surface area is 105 Å². The molecule has 2 N–H and O–H groups in total. The summed E-state index contributed by atoms with van der Waals surface area (Å²) in [6.07, 6.45) is 0.765. The molecule has 0 aromatic carbocycles. The molecule has 1 fully saturated rings. The number of halogens is 1. The first-order chi connectivity index (χ1) is 8.19. The van der Waals surface area contributed by atoms with Crippen molar-refractivity contribution in [1.82, 2.24) is 10.3 Å². The largest absolute Gasteiger partial charge is 0.380 e. The molecule has 1 aliphatic heterocycles. The van der Waals surface area contributed by atoms with Crippen LogP contribution in [-0.2, 0) is 9.53 Å². The van der Waals surface area contributed by atoms with Gasteiger partial charge in [0.25, 0.3) is 0 Å². The van der Waals surface area contributed by atoms with E-state index in [-0.39, 0.29) is 18.1 Å². The Kier molecular flexibility index (Phi) is 3.93. The van der Waals surface area contributed by atoms with Crippen molar-refractivity contribution in [3.8, 4) is 0 Å². The highest BCUT2D eigenvalue weighted by molar-refractivity contribution is 6.29. The van der Waals surface area contributed by atoms with Gasteiger partial charge >= 0.3 is 0 Å². The van der Waals surface area contributed by atoms with Crippen molar-refractivity contribution in [2.45, 2.75) is 18.6 Å². The molecule has 6 heteroatoms. The topological polar surface area (TPSA) is 63.2 Å². The van der Waals surface area contributed by atoms with Gasteiger partial charge in [0.05, 0.1) is 12.1 Å². The van der Waals surface area contributed by atoms with Crippen molar-refractivity contribution < 1.29 is 9.53 Å². The number of methoxy groups -OCH3 is 1. The van der Waals surface area contributed by atoms with Crippen molar-refractivity contribution in [2.75, 3.05) is 19.0 Å². The van der Waals surface area contributed by atoms with Gasteiger partial charge < -0.3 is 15.4 Å². The molecular formula is C11H14ClN3O2. The number of pyridine rings is 1. The first kappa shape index (κ1) is 12.3. The Bertz CT molecular complexity index is 413. The first-order valence-electron chi connectivity index (χ1n) is 5.38. The minimum absolute atomic E-state index is 0.0954. The predicted octanol–water partition coefficient (Wildman–Crippen LogP) is 1.05. The van der Waals surface area contributed by atoms with E-state index in [0.717, 1.165) is 0 Å². The monoisotopic (exact) mass is 255 g/mol. The molecule has 92 valence electrons. The summed E-state index contributed by atoms with van der Waals surface area (Å²) < 4.78 is 5.18. The van der Waals surface area contributed by atoms with Gasteiger partial charge in [-0.15, -0.1) is 0 Å². The Morgan fingerprint density at radius 1 is 1.65 bits per heavy atom. The molecule has 1 aliphatic rings. The van der Waals surface area contributed by atoms with Crippen LogP contribution in [0.3, 0.4) is 0 Å². The summed E-state index contributed by atoms with van der Waals surface area (Å²) >= 11 is 5.74. The minimum atomic E-state index is -0.235. The van der Waals surface area contributed by atoms with E-state index in [1.165, 1.54) is 0 Å². The fraction of sp³-hybridized carbons (Fsp3) is 0.455. The normalized spacial score (nSPS) is 23.6. The molecule has 5 nitrogen and oxygen atoms in total. The molecule has 1 aromatic rings. The lowest BCUT2D eigenvalue weighted by Gasteiger charge is -2.10. The van der Waals surface area contributed by atoms with Crippen LogP contribution in [0.25, 0.3) is 0 Å². The van der Waals surface area contributed by atoms with Gasteiger partial charge in [-0.05, 0) is 18.6 Å². The SMILES string of the molecule is COC1CNC(C(=O)Nc2cccc(Cl)n2)C1. The number of aromatic nitrogens is 1. The Hall–Kier alpha value is -1.17. The van der Waals surface area contributed by atoms with Crippen LogP contribution < -0.4 is 10.6 Å². The van der Waals surface area contributed by atoms with Crippen molar-refractivity contribution in [2.24, 2.45) is 0 Å². The van der Waals surface area contributed by atoms with Crippen molar-refractivity contribution in [3.63, 3.8) is 0 Å². The van der Waals surface area contributed by atoms with Crippen LogP contribution in [0, 0.1) is 0 Å². The quantitative estimate of drug-likeness (QED) is 0.793. The molecule has 0 bridgehead atoms. The van der Waals surface area contributed by atoms with E-state index >= 15 is 0 Å². The highest BCUT2D eigenvalue weighted by Crippen LogP contribution is 2.13. The average Bonchev–Trinajstić information content (AvgIpc) is 2.77. The summed E-state index contributed by atoms with van der Waals surface area (Å²) in [4.78, 5) is 15.9.